The molecule has 0 aliphatic heterocycles. The Hall–Kier alpha value is -0.610. The van der Waals surface area contributed by atoms with Gasteiger partial charge in [-0.1, -0.05) is 6.92 Å². The number of hydrogen-bond donors (Lipinski definition) is 2. The number of aliphatic carboxylic acids is 1. The maximum Gasteiger partial charge on any atom is 0.323 e. The van der Waals surface area contributed by atoms with Gasteiger partial charge in [0, 0.05) is 18.1 Å². The van der Waals surface area contributed by atoms with E-state index < -0.39 is 11.5 Å². The molecule has 2 aliphatic carbocycles. The van der Waals surface area contributed by atoms with E-state index in [-0.39, 0.29) is 0 Å². The molecule has 2 saturated carbocycles. The molecule has 2 N–H and O–H groups in total. The average molecular weight is 268 g/mol. The smallest absolute Gasteiger partial charge is 0.323 e. The van der Waals surface area contributed by atoms with E-state index in [0.717, 1.165) is 45.1 Å². The van der Waals surface area contributed by atoms with Crippen molar-refractivity contribution in [1.29, 1.82) is 0 Å². The van der Waals surface area contributed by atoms with Crippen LogP contribution in [-0.4, -0.2) is 46.2 Å². The minimum atomic E-state index is -0.660. The number of hydrogen-bond acceptors (Lipinski definition) is 3. The van der Waals surface area contributed by atoms with Crippen LogP contribution in [-0.2, 0) is 4.79 Å². The molecule has 2 atom stereocenters. The molecule has 0 aromatic rings. The second kappa shape index (κ2) is 5.80. The van der Waals surface area contributed by atoms with E-state index in [0.29, 0.717) is 18.1 Å². The minimum Gasteiger partial charge on any atom is -0.480 e. The standard InChI is InChI=1S/C15H28N2O2/c1-4-9-17(11(2)3)13-7-8-15(10-13,14(18)19)16-12-5-6-12/h11-13,16H,4-10H2,1-3H3,(H,18,19). The van der Waals surface area contributed by atoms with Gasteiger partial charge in [0.15, 0.2) is 0 Å². The Morgan fingerprint density at radius 2 is 2.11 bits per heavy atom. The fraction of sp³-hybridized carbons (Fsp3) is 0.933. The first-order valence-corrected chi connectivity index (χ1v) is 7.75. The quantitative estimate of drug-likeness (QED) is 0.743. The molecule has 2 aliphatic rings. The van der Waals surface area contributed by atoms with Gasteiger partial charge in [-0.05, 0) is 58.9 Å². The molecule has 2 unspecified atom stereocenters. The van der Waals surface area contributed by atoms with Crippen molar-refractivity contribution in [2.24, 2.45) is 0 Å². The van der Waals surface area contributed by atoms with E-state index in [2.05, 4.69) is 31.0 Å². The second-order valence-corrected chi connectivity index (χ2v) is 6.53. The number of carboxylic acids is 1. The highest BCUT2D eigenvalue weighted by Gasteiger charge is 2.49. The zero-order valence-corrected chi connectivity index (χ0v) is 12.5. The summed E-state index contributed by atoms with van der Waals surface area (Å²) in [6.07, 6.45) is 5.95. The van der Waals surface area contributed by atoms with Crippen LogP contribution in [0.4, 0.5) is 0 Å². The maximum absolute atomic E-state index is 11.7. The monoisotopic (exact) mass is 268 g/mol. The molecular formula is C15H28N2O2. The van der Waals surface area contributed by atoms with E-state index in [1.165, 1.54) is 0 Å². The van der Waals surface area contributed by atoms with Crippen LogP contribution in [0.3, 0.4) is 0 Å². The Bertz CT molecular complexity index is 328. The molecule has 0 aromatic carbocycles. The van der Waals surface area contributed by atoms with Crippen molar-refractivity contribution in [2.75, 3.05) is 6.54 Å². The summed E-state index contributed by atoms with van der Waals surface area (Å²) in [4.78, 5) is 14.2. The summed E-state index contributed by atoms with van der Waals surface area (Å²) < 4.78 is 0. The summed E-state index contributed by atoms with van der Waals surface area (Å²) in [5.41, 5.74) is -0.660. The van der Waals surface area contributed by atoms with Gasteiger partial charge in [0.1, 0.15) is 5.54 Å². The lowest BCUT2D eigenvalue weighted by Crippen LogP contribution is -2.52. The van der Waals surface area contributed by atoms with Crippen LogP contribution in [0.25, 0.3) is 0 Å². The molecule has 0 saturated heterocycles. The van der Waals surface area contributed by atoms with E-state index in [1.54, 1.807) is 0 Å². The van der Waals surface area contributed by atoms with Gasteiger partial charge >= 0.3 is 5.97 Å². The molecule has 0 radical (unpaired) electrons. The first-order chi connectivity index (χ1) is 8.98. The predicted molar refractivity (Wildman–Crippen MR) is 76.3 cm³/mol. The van der Waals surface area contributed by atoms with Crippen LogP contribution in [0.5, 0.6) is 0 Å². The van der Waals surface area contributed by atoms with Crippen LogP contribution >= 0.6 is 0 Å². The average Bonchev–Trinajstić information content (AvgIpc) is 3.04. The van der Waals surface area contributed by atoms with Gasteiger partial charge in [0.2, 0.25) is 0 Å². The summed E-state index contributed by atoms with van der Waals surface area (Å²) in [6, 6.07) is 1.37. The topological polar surface area (TPSA) is 52.6 Å². The highest BCUT2D eigenvalue weighted by atomic mass is 16.4. The minimum absolute atomic E-state index is 0.419. The summed E-state index contributed by atoms with van der Waals surface area (Å²) in [7, 11) is 0. The molecule has 2 rings (SSSR count). The number of carbonyl (C=O) groups is 1. The fourth-order valence-electron chi connectivity index (χ4n) is 3.43. The Morgan fingerprint density at radius 3 is 2.58 bits per heavy atom. The molecule has 4 nitrogen and oxygen atoms in total. The zero-order valence-electron chi connectivity index (χ0n) is 12.5. The number of carboxylic acid groups (broad SMARTS) is 1. The van der Waals surface area contributed by atoms with Gasteiger partial charge in [-0.2, -0.15) is 0 Å². The van der Waals surface area contributed by atoms with Gasteiger partial charge < -0.3 is 5.11 Å². The third kappa shape index (κ3) is 3.29. The van der Waals surface area contributed by atoms with Crippen LogP contribution in [0.1, 0.15) is 59.3 Å². The maximum atomic E-state index is 11.7. The highest BCUT2D eigenvalue weighted by Crippen LogP contribution is 2.37. The van der Waals surface area contributed by atoms with Gasteiger partial charge in [0.05, 0.1) is 0 Å². The summed E-state index contributed by atoms with van der Waals surface area (Å²) >= 11 is 0. The Labute approximate surface area is 116 Å². The molecule has 2 fully saturated rings. The van der Waals surface area contributed by atoms with Crippen molar-refractivity contribution in [3.63, 3.8) is 0 Å². The fourth-order valence-corrected chi connectivity index (χ4v) is 3.43. The Kier molecular flexibility index (Phi) is 4.51. The first-order valence-electron chi connectivity index (χ1n) is 7.75. The van der Waals surface area contributed by atoms with Crippen molar-refractivity contribution in [2.45, 2.75) is 83.0 Å². The number of nitrogens with one attached hydrogen (secondary N) is 1. The van der Waals surface area contributed by atoms with Crippen molar-refractivity contribution >= 4 is 5.97 Å². The lowest BCUT2D eigenvalue weighted by molar-refractivity contribution is -0.145. The van der Waals surface area contributed by atoms with E-state index in [4.69, 9.17) is 0 Å². The number of rotatable bonds is 7. The molecule has 0 aromatic heterocycles. The van der Waals surface area contributed by atoms with Gasteiger partial charge in [-0.3, -0.25) is 15.0 Å². The summed E-state index contributed by atoms with van der Waals surface area (Å²) in [5.74, 6) is -0.651. The third-order valence-electron chi connectivity index (χ3n) is 4.57. The third-order valence-corrected chi connectivity index (χ3v) is 4.57. The molecule has 0 bridgehead atoms. The van der Waals surface area contributed by atoms with Crippen molar-refractivity contribution in [3.05, 3.63) is 0 Å². The predicted octanol–water partition coefficient (Wildman–Crippen LogP) is 2.23. The lowest BCUT2D eigenvalue weighted by atomic mass is 9.96. The molecule has 0 heterocycles. The molecule has 4 heteroatoms. The SMILES string of the molecule is CCCN(C(C)C)C1CCC(NC2CC2)(C(=O)O)C1. The Balaban J connectivity index is 2.04. The highest BCUT2D eigenvalue weighted by molar-refractivity contribution is 5.79. The zero-order chi connectivity index (χ0) is 14.0. The first kappa shape index (κ1) is 14.8. The largest absolute Gasteiger partial charge is 0.480 e. The van der Waals surface area contributed by atoms with Crippen molar-refractivity contribution in [3.8, 4) is 0 Å². The van der Waals surface area contributed by atoms with E-state index in [1.807, 2.05) is 0 Å². The van der Waals surface area contributed by atoms with Crippen molar-refractivity contribution in [1.82, 2.24) is 10.2 Å². The summed E-state index contributed by atoms with van der Waals surface area (Å²) in [6.45, 7) is 7.69. The van der Waals surface area contributed by atoms with E-state index >= 15 is 0 Å². The number of nitrogens with zero attached hydrogens (tertiary/aromatic N) is 1. The van der Waals surface area contributed by atoms with Gasteiger partial charge in [0.25, 0.3) is 0 Å². The van der Waals surface area contributed by atoms with Gasteiger partial charge in [-0.15, -0.1) is 0 Å². The van der Waals surface area contributed by atoms with Crippen LogP contribution in [0.15, 0.2) is 0 Å². The van der Waals surface area contributed by atoms with E-state index in [9.17, 15) is 9.90 Å². The lowest BCUT2D eigenvalue weighted by Gasteiger charge is -2.34. The molecular weight excluding hydrogens is 240 g/mol. The molecule has 0 spiro atoms. The summed E-state index contributed by atoms with van der Waals surface area (Å²) in [5, 5.41) is 13.0. The molecule has 19 heavy (non-hydrogen) atoms. The van der Waals surface area contributed by atoms with Crippen molar-refractivity contribution < 1.29 is 9.90 Å². The Morgan fingerprint density at radius 1 is 1.42 bits per heavy atom. The molecule has 110 valence electrons. The van der Waals surface area contributed by atoms with Crippen LogP contribution in [0.2, 0.25) is 0 Å². The van der Waals surface area contributed by atoms with Gasteiger partial charge in [-0.25, -0.2) is 0 Å². The van der Waals surface area contributed by atoms with Crippen LogP contribution < -0.4 is 5.32 Å². The van der Waals surface area contributed by atoms with Crippen LogP contribution in [0, 0.1) is 0 Å². The molecule has 0 amide bonds. The normalized spacial score (nSPS) is 31.3. The second-order valence-electron chi connectivity index (χ2n) is 6.53.